The fraction of sp³-hybridized carbons (Fsp3) is 0.214. The summed E-state index contributed by atoms with van der Waals surface area (Å²) in [4.78, 5) is 26.9. The van der Waals surface area contributed by atoms with E-state index in [0.717, 1.165) is 28.0 Å². The Bertz CT molecular complexity index is 642. The van der Waals surface area contributed by atoms with Gasteiger partial charge in [-0.05, 0) is 25.0 Å². The molecule has 98 valence electrons. The van der Waals surface area contributed by atoms with Gasteiger partial charge in [0.05, 0.1) is 0 Å². The number of aromatic nitrogens is 1. The van der Waals surface area contributed by atoms with Crippen LogP contribution in [0.4, 0.5) is 0 Å². The van der Waals surface area contributed by atoms with Crippen LogP contribution >= 0.6 is 11.3 Å². The van der Waals surface area contributed by atoms with Crippen LogP contribution in [-0.2, 0) is 0 Å². The molecule has 0 saturated heterocycles. The Labute approximate surface area is 114 Å². The molecule has 0 aliphatic carbocycles. The molecule has 0 spiro atoms. The standard InChI is InChI=1S/C14H13NO3S/c1-7-5-4-6-10(8(7)2)13-15-11(14(17)18)12(19-13)9(3)16/h4-6H,1-3H3,(H,17,18). The number of ketones is 1. The summed E-state index contributed by atoms with van der Waals surface area (Å²) >= 11 is 1.13. The van der Waals surface area contributed by atoms with Gasteiger partial charge < -0.3 is 5.11 Å². The lowest BCUT2D eigenvalue weighted by Crippen LogP contribution is -2.03. The fourth-order valence-electron chi connectivity index (χ4n) is 1.80. The minimum atomic E-state index is -1.17. The molecule has 0 saturated carbocycles. The van der Waals surface area contributed by atoms with E-state index in [9.17, 15) is 9.59 Å². The fourth-order valence-corrected chi connectivity index (χ4v) is 2.84. The van der Waals surface area contributed by atoms with Crippen molar-refractivity contribution in [3.63, 3.8) is 0 Å². The Kier molecular flexibility index (Phi) is 3.48. The van der Waals surface area contributed by atoms with Crippen molar-refractivity contribution < 1.29 is 14.7 Å². The molecule has 1 N–H and O–H groups in total. The summed E-state index contributed by atoms with van der Waals surface area (Å²) in [6.45, 7) is 5.29. The third-order valence-electron chi connectivity index (χ3n) is 2.98. The first-order valence-corrected chi connectivity index (χ1v) is 6.55. The lowest BCUT2D eigenvalue weighted by molar-refractivity contribution is 0.0687. The predicted molar refractivity (Wildman–Crippen MR) is 74.0 cm³/mol. The molecule has 19 heavy (non-hydrogen) atoms. The Morgan fingerprint density at radius 1 is 1.26 bits per heavy atom. The first-order valence-electron chi connectivity index (χ1n) is 5.73. The summed E-state index contributed by atoms with van der Waals surface area (Å²) < 4.78 is 0. The highest BCUT2D eigenvalue weighted by Crippen LogP contribution is 2.31. The summed E-state index contributed by atoms with van der Waals surface area (Å²) in [7, 11) is 0. The van der Waals surface area contributed by atoms with E-state index in [1.807, 2.05) is 32.0 Å². The van der Waals surface area contributed by atoms with Crippen molar-refractivity contribution in [2.24, 2.45) is 0 Å². The second-order valence-corrected chi connectivity index (χ2v) is 5.30. The van der Waals surface area contributed by atoms with Crippen molar-refractivity contribution in [3.8, 4) is 10.6 Å². The molecule has 0 bridgehead atoms. The zero-order chi connectivity index (χ0) is 14.2. The Morgan fingerprint density at radius 3 is 2.47 bits per heavy atom. The number of aromatic carboxylic acids is 1. The number of carboxylic acids is 1. The van der Waals surface area contributed by atoms with E-state index in [1.54, 1.807) is 0 Å². The van der Waals surface area contributed by atoms with Crippen LogP contribution in [0.15, 0.2) is 18.2 Å². The average Bonchev–Trinajstić information content (AvgIpc) is 2.77. The summed E-state index contributed by atoms with van der Waals surface area (Å²) in [6, 6.07) is 5.76. The molecule has 2 aromatic rings. The number of benzene rings is 1. The normalized spacial score (nSPS) is 10.5. The second kappa shape index (κ2) is 4.93. The van der Waals surface area contributed by atoms with Crippen LogP contribution in [-0.4, -0.2) is 21.8 Å². The highest BCUT2D eigenvalue weighted by Gasteiger charge is 2.21. The molecule has 0 aliphatic rings. The molecule has 1 aromatic carbocycles. The van der Waals surface area contributed by atoms with Gasteiger partial charge in [-0.15, -0.1) is 11.3 Å². The largest absolute Gasteiger partial charge is 0.476 e. The van der Waals surface area contributed by atoms with Crippen LogP contribution in [0, 0.1) is 13.8 Å². The molecule has 0 aliphatic heterocycles. The van der Waals surface area contributed by atoms with E-state index in [1.165, 1.54) is 6.92 Å². The van der Waals surface area contributed by atoms with Gasteiger partial charge in [0.25, 0.3) is 0 Å². The van der Waals surface area contributed by atoms with E-state index in [2.05, 4.69) is 4.98 Å². The van der Waals surface area contributed by atoms with Crippen LogP contribution in [0.1, 0.15) is 38.2 Å². The van der Waals surface area contributed by atoms with Crippen LogP contribution < -0.4 is 0 Å². The smallest absolute Gasteiger partial charge is 0.356 e. The quantitative estimate of drug-likeness (QED) is 0.872. The van der Waals surface area contributed by atoms with Crippen LogP contribution in [0.2, 0.25) is 0 Å². The number of hydrogen-bond donors (Lipinski definition) is 1. The summed E-state index contributed by atoms with van der Waals surface area (Å²) in [6.07, 6.45) is 0. The van der Waals surface area contributed by atoms with Gasteiger partial charge in [-0.1, -0.05) is 18.2 Å². The number of Topliss-reactive ketones (excluding diaryl/α,β-unsaturated/α-hetero) is 1. The monoisotopic (exact) mass is 275 g/mol. The molecule has 1 heterocycles. The Balaban J connectivity index is 2.64. The van der Waals surface area contributed by atoms with Gasteiger partial charge in [0, 0.05) is 12.5 Å². The SMILES string of the molecule is CC(=O)c1sc(-c2cccc(C)c2C)nc1C(=O)O. The highest BCUT2D eigenvalue weighted by molar-refractivity contribution is 7.17. The van der Waals surface area contributed by atoms with Crippen LogP contribution in [0.3, 0.4) is 0 Å². The average molecular weight is 275 g/mol. The summed E-state index contributed by atoms with van der Waals surface area (Å²) in [5.74, 6) is -1.44. The topological polar surface area (TPSA) is 67.3 Å². The zero-order valence-electron chi connectivity index (χ0n) is 10.9. The molecule has 2 rings (SSSR count). The van der Waals surface area contributed by atoms with Gasteiger partial charge in [0.2, 0.25) is 0 Å². The molecule has 4 nitrogen and oxygen atoms in total. The van der Waals surface area contributed by atoms with Crippen molar-refractivity contribution in [2.75, 3.05) is 0 Å². The first kappa shape index (κ1) is 13.4. The maximum absolute atomic E-state index is 11.5. The molecular formula is C14H13NO3S. The van der Waals surface area contributed by atoms with Gasteiger partial charge in [-0.2, -0.15) is 0 Å². The van der Waals surface area contributed by atoms with E-state index in [0.29, 0.717) is 5.01 Å². The predicted octanol–water partition coefficient (Wildman–Crippen LogP) is 3.33. The maximum Gasteiger partial charge on any atom is 0.356 e. The second-order valence-electron chi connectivity index (χ2n) is 4.31. The zero-order valence-corrected chi connectivity index (χ0v) is 11.7. The van der Waals surface area contributed by atoms with Crippen molar-refractivity contribution >= 4 is 23.1 Å². The van der Waals surface area contributed by atoms with E-state index >= 15 is 0 Å². The van der Waals surface area contributed by atoms with E-state index in [4.69, 9.17) is 5.11 Å². The summed E-state index contributed by atoms with van der Waals surface area (Å²) in [5.41, 5.74) is 2.87. The number of rotatable bonds is 3. The van der Waals surface area contributed by atoms with Gasteiger partial charge >= 0.3 is 5.97 Å². The molecule has 0 radical (unpaired) electrons. The maximum atomic E-state index is 11.5. The third-order valence-corrected chi connectivity index (χ3v) is 4.17. The molecule has 0 fully saturated rings. The van der Waals surface area contributed by atoms with Gasteiger partial charge in [0.1, 0.15) is 9.88 Å². The lowest BCUT2D eigenvalue weighted by Gasteiger charge is -2.04. The molecule has 0 unspecified atom stereocenters. The lowest BCUT2D eigenvalue weighted by atomic mass is 10.0. The molecule has 5 heteroatoms. The van der Waals surface area contributed by atoms with Crippen LogP contribution in [0.25, 0.3) is 10.6 Å². The van der Waals surface area contributed by atoms with Crippen molar-refractivity contribution in [3.05, 3.63) is 39.9 Å². The number of aryl methyl sites for hydroxylation is 1. The van der Waals surface area contributed by atoms with E-state index in [-0.39, 0.29) is 16.4 Å². The van der Waals surface area contributed by atoms with Crippen molar-refractivity contribution in [1.29, 1.82) is 0 Å². The van der Waals surface area contributed by atoms with Crippen LogP contribution in [0.5, 0.6) is 0 Å². The Morgan fingerprint density at radius 2 is 1.95 bits per heavy atom. The number of carbonyl (C=O) groups is 2. The van der Waals surface area contributed by atoms with Gasteiger partial charge in [0.15, 0.2) is 11.5 Å². The third kappa shape index (κ3) is 2.42. The van der Waals surface area contributed by atoms with Crippen molar-refractivity contribution in [2.45, 2.75) is 20.8 Å². The number of carbonyl (C=O) groups excluding carboxylic acids is 1. The van der Waals surface area contributed by atoms with E-state index < -0.39 is 5.97 Å². The minimum Gasteiger partial charge on any atom is -0.476 e. The molecular weight excluding hydrogens is 262 g/mol. The van der Waals surface area contributed by atoms with Gasteiger partial charge in [-0.25, -0.2) is 9.78 Å². The number of nitrogens with zero attached hydrogens (tertiary/aromatic N) is 1. The number of hydrogen-bond acceptors (Lipinski definition) is 4. The number of thiazole rings is 1. The highest BCUT2D eigenvalue weighted by atomic mass is 32.1. The summed E-state index contributed by atoms with van der Waals surface area (Å²) in [5, 5.41) is 9.66. The molecule has 1 aromatic heterocycles. The Hall–Kier alpha value is -2.01. The van der Waals surface area contributed by atoms with Crippen molar-refractivity contribution in [1.82, 2.24) is 4.98 Å². The van der Waals surface area contributed by atoms with Gasteiger partial charge in [-0.3, -0.25) is 4.79 Å². The minimum absolute atomic E-state index is 0.159. The first-order chi connectivity index (χ1) is 8.91. The number of carboxylic acid groups (broad SMARTS) is 1. The molecule has 0 amide bonds. The molecule has 0 atom stereocenters.